The van der Waals surface area contributed by atoms with Gasteiger partial charge in [0, 0.05) is 6.07 Å². The molecule has 0 fully saturated rings. The first kappa shape index (κ1) is 13.0. The standard InChI is InChI=1S/C11H14N2O4/c1-3-17-9-5-4-8(6-12-9)13-10(14)7(2)11(15)16/h4-7H,3H2,1-2H3,(H,13,14)(H,15,16). The van der Waals surface area contributed by atoms with Gasteiger partial charge in [0.2, 0.25) is 11.8 Å². The van der Waals surface area contributed by atoms with Gasteiger partial charge in [0.05, 0.1) is 18.5 Å². The summed E-state index contributed by atoms with van der Waals surface area (Å²) < 4.78 is 5.13. The molecule has 1 aromatic heterocycles. The van der Waals surface area contributed by atoms with E-state index < -0.39 is 17.8 Å². The number of carboxylic acid groups (broad SMARTS) is 1. The molecule has 0 aliphatic heterocycles. The fraction of sp³-hybridized carbons (Fsp3) is 0.364. The molecule has 92 valence electrons. The number of carbonyl (C=O) groups is 2. The van der Waals surface area contributed by atoms with Crippen molar-refractivity contribution >= 4 is 17.6 Å². The summed E-state index contributed by atoms with van der Waals surface area (Å²) in [5.74, 6) is -2.39. The minimum absolute atomic E-state index is 0.437. The van der Waals surface area contributed by atoms with E-state index in [1.54, 1.807) is 12.1 Å². The van der Waals surface area contributed by atoms with E-state index in [-0.39, 0.29) is 0 Å². The van der Waals surface area contributed by atoms with E-state index in [0.29, 0.717) is 18.2 Å². The lowest BCUT2D eigenvalue weighted by Crippen LogP contribution is -2.26. The number of aliphatic carboxylic acids is 1. The Morgan fingerprint density at radius 3 is 2.71 bits per heavy atom. The van der Waals surface area contributed by atoms with E-state index in [2.05, 4.69) is 10.3 Å². The van der Waals surface area contributed by atoms with Crippen LogP contribution < -0.4 is 10.1 Å². The fourth-order valence-corrected chi connectivity index (χ4v) is 1.05. The van der Waals surface area contributed by atoms with Crippen LogP contribution >= 0.6 is 0 Å². The second-order valence-electron chi connectivity index (χ2n) is 3.37. The van der Waals surface area contributed by atoms with Crippen LogP contribution in [0.25, 0.3) is 0 Å². The summed E-state index contributed by atoms with van der Waals surface area (Å²) in [6, 6.07) is 3.20. The highest BCUT2D eigenvalue weighted by atomic mass is 16.5. The van der Waals surface area contributed by atoms with Crippen LogP contribution in [-0.2, 0) is 9.59 Å². The van der Waals surface area contributed by atoms with Crippen LogP contribution in [0, 0.1) is 5.92 Å². The maximum atomic E-state index is 11.4. The van der Waals surface area contributed by atoms with Crippen molar-refractivity contribution in [3.63, 3.8) is 0 Å². The highest BCUT2D eigenvalue weighted by Gasteiger charge is 2.20. The third-order valence-corrected chi connectivity index (χ3v) is 2.06. The molecule has 6 nitrogen and oxygen atoms in total. The lowest BCUT2D eigenvalue weighted by atomic mass is 10.1. The van der Waals surface area contributed by atoms with Crippen LogP contribution in [0.3, 0.4) is 0 Å². The van der Waals surface area contributed by atoms with Crippen LogP contribution in [0.5, 0.6) is 5.88 Å². The van der Waals surface area contributed by atoms with Gasteiger partial charge in [0.1, 0.15) is 5.92 Å². The summed E-state index contributed by atoms with van der Waals surface area (Å²) in [6.45, 7) is 3.67. The molecule has 1 atom stereocenters. The maximum Gasteiger partial charge on any atom is 0.315 e. The second-order valence-corrected chi connectivity index (χ2v) is 3.37. The number of carbonyl (C=O) groups excluding carboxylic acids is 1. The van der Waals surface area contributed by atoms with Gasteiger partial charge in [-0.05, 0) is 19.9 Å². The van der Waals surface area contributed by atoms with Crippen molar-refractivity contribution in [2.24, 2.45) is 5.92 Å². The van der Waals surface area contributed by atoms with Gasteiger partial charge in [-0.25, -0.2) is 4.98 Å². The van der Waals surface area contributed by atoms with Gasteiger partial charge in [-0.15, -0.1) is 0 Å². The molecule has 0 aliphatic carbocycles. The Morgan fingerprint density at radius 2 is 2.24 bits per heavy atom. The lowest BCUT2D eigenvalue weighted by molar-refractivity contribution is -0.144. The molecule has 1 heterocycles. The molecule has 6 heteroatoms. The Labute approximate surface area is 98.6 Å². The third-order valence-electron chi connectivity index (χ3n) is 2.06. The molecule has 1 aromatic rings. The maximum absolute atomic E-state index is 11.4. The molecule has 0 saturated carbocycles. The van der Waals surface area contributed by atoms with E-state index in [0.717, 1.165) is 0 Å². The van der Waals surface area contributed by atoms with Crippen molar-refractivity contribution in [2.45, 2.75) is 13.8 Å². The number of aromatic nitrogens is 1. The first-order valence-corrected chi connectivity index (χ1v) is 5.17. The van der Waals surface area contributed by atoms with Gasteiger partial charge in [0.15, 0.2) is 0 Å². The summed E-state index contributed by atoms with van der Waals surface area (Å²) in [5.41, 5.74) is 0.437. The number of hydrogen-bond donors (Lipinski definition) is 2. The van der Waals surface area contributed by atoms with Crippen LogP contribution in [0.4, 0.5) is 5.69 Å². The molecule has 0 aliphatic rings. The fourth-order valence-electron chi connectivity index (χ4n) is 1.05. The minimum Gasteiger partial charge on any atom is -0.481 e. The van der Waals surface area contributed by atoms with Crippen LogP contribution in [-0.4, -0.2) is 28.6 Å². The van der Waals surface area contributed by atoms with Crippen molar-refractivity contribution in [1.29, 1.82) is 0 Å². The van der Waals surface area contributed by atoms with Crippen molar-refractivity contribution in [2.75, 3.05) is 11.9 Å². The van der Waals surface area contributed by atoms with Crippen LogP contribution in [0.2, 0.25) is 0 Å². The first-order chi connectivity index (χ1) is 8.04. The van der Waals surface area contributed by atoms with E-state index in [1.165, 1.54) is 13.1 Å². The Hall–Kier alpha value is -2.11. The van der Waals surface area contributed by atoms with E-state index >= 15 is 0 Å². The lowest BCUT2D eigenvalue weighted by Gasteiger charge is -2.08. The average molecular weight is 238 g/mol. The Kier molecular flexibility index (Phi) is 4.45. The molecule has 0 radical (unpaired) electrons. The van der Waals surface area contributed by atoms with Crippen molar-refractivity contribution in [3.05, 3.63) is 18.3 Å². The molecule has 17 heavy (non-hydrogen) atoms. The quantitative estimate of drug-likeness (QED) is 0.751. The van der Waals surface area contributed by atoms with Gasteiger partial charge < -0.3 is 15.2 Å². The second kappa shape index (κ2) is 5.83. The third kappa shape index (κ3) is 3.75. The monoisotopic (exact) mass is 238 g/mol. The molecule has 2 N–H and O–H groups in total. The largest absolute Gasteiger partial charge is 0.481 e. The van der Waals surface area contributed by atoms with E-state index in [9.17, 15) is 9.59 Å². The first-order valence-electron chi connectivity index (χ1n) is 5.17. The van der Waals surface area contributed by atoms with E-state index in [1.807, 2.05) is 6.92 Å². The number of hydrogen-bond acceptors (Lipinski definition) is 4. The van der Waals surface area contributed by atoms with Gasteiger partial charge in [0.25, 0.3) is 0 Å². The minimum atomic E-state index is -1.17. The topological polar surface area (TPSA) is 88.5 Å². The Morgan fingerprint density at radius 1 is 1.53 bits per heavy atom. The molecular weight excluding hydrogens is 224 g/mol. The van der Waals surface area contributed by atoms with Gasteiger partial charge in [-0.1, -0.05) is 0 Å². The Bertz CT molecular complexity index is 402. The van der Waals surface area contributed by atoms with Crippen molar-refractivity contribution in [3.8, 4) is 5.88 Å². The van der Waals surface area contributed by atoms with Gasteiger partial charge in [-0.3, -0.25) is 9.59 Å². The molecule has 0 spiro atoms. The predicted octanol–water partition coefficient (Wildman–Crippen LogP) is 1.14. The SMILES string of the molecule is CCOc1ccc(NC(=O)C(C)C(=O)O)cn1. The number of rotatable bonds is 5. The van der Waals surface area contributed by atoms with Gasteiger partial charge >= 0.3 is 5.97 Å². The number of anilines is 1. The van der Waals surface area contributed by atoms with Gasteiger partial charge in [-0.2, -0.15) is 0 Å². The number of nitrogens with one attached hydrogen (secondary N) is 1. The Balaban J connectivity index is 2.63. The van der Waals surface area contributed by atoms with E-state index in [4.69, 9.17) is 9.84 Å². The summed E-state index contributed by atoms with van der Waals surface area (Å²) in [7, 11) is 0. The number of ether oxygens (including phenoxy) is 1. The summed E-state index contributed by atoms with van der Waals surface area (Å²) >= 11 is 0. The molecule has 1 amide bonds. The predicted molar refractivity (Wildman–Crippen MR) is 60.8 cm³/mol. The van der Waals surface area contributed by atoms with Crippen LogP contribution in [0.15, 0.2) is 18.3 Å². The van der Waals surface area contributed by atoms with Crippen molar-refractivity contribution in [1.82, 2.24) is 4.98 Å². The molecule has 0 aromatic carbocycles. The molecule has 1 rings (SSSR count). The number of pyridine rings is 1. The molecule has 1 unspecified atom stereocenters. The van der Waals surface area contributed by atoms with Crippen molar-refractivity contribution < 1.29 is 19.4 Å². The normalized spacial score (nSPS) is 11.6. The summed E-state index contributed by atoms with van der Waals surface area (Å²) in [4.78, 5) is 25.9. The zero-order chi connectivity index (χ0) is 12.8. The zero-order valence-corrected chi connectivity index (χ0v) is 9.64. The highest BCUT2D eigenvalue weighted by molar-refractivity contribution is 6.03. The number of nitrogens with zero attached hydrogens (tertiary/aromatic N) is 1. The number of carboxylic acids is 1. The van der Waals surface area contributed by atoms with Crippen LogP contribution in [0.1, 0.15) is 13.8 Å². The summed E-state index contributed by atoms with van der Waals surface area (Å²) in [6.07, 6.45) is 1.41. The summed E-state index contributed by atoms with van der Waals surface area (Å²) in [5, 5.41) is 11.1. The molecular formula is C11H14N2O4. The zero-order valence-electron chi connectivity index (χ0n) is 9.64. The molecule has 0 bridgehead atoms. The average Bonchev–Trinajstić information content (AvgIpc) is 2.30. The number of amides is 1. The molecule has 0 saturated heterocycles. The smallest absolute Gasteiger partial charge is 0.315 e. The highest BCUT2D eigenvalue weighted by Crippen LogP contribution is 2.12.